The Kier molecular flexibility index (Phi) is 4.26. The Balaban J connectivity index is 1.87. The lowest BCUT2D eigenvalue weighted by Crippen LogP contribution is -2.20. The quantitative estimate of drug-likeness (QED) is 0.878. The predicted molar refractivity (Wildman–Crippen MR) is 87.5 cm³/mol. The molecule has 0 aromatic carbocycles. The van der Waals surface area contributed by atoms with Gasteiger partial charge in [-0.1, -0.05) is 19.9 Å². The van der Waals surface area contributed by atoms with E-state index in [1.54, 1.807) is 0 Å². The molecule has 9 heteroatoms. The Morgan fingerprint density at radius 3 is 2.56 bits per heavy atom. The molecule has 1 aliphatic carbocycles. The average molecular weight is 352 g/mol. The zero-order chi connectivity index (χ0) is 18.2. The van der Waals surface area contributed by atoms with E-state index in [0.29, 0.717) is 0 Å². The molecule has 1 aliphatic rings. The monoisotopic (exact) mass is 352 g/mol. The number of halogens is 3. The number of nitrogens with one attached hydrogen (secondary N) is 1. The highest BCUT2D eigenvalue weighted by Crippen LogP contribution is 2.38. The zero-order valence-electron chi connectivity index (χ0n) is 13.9. The van der Waals surface area contributed by atoms with E-state index in [2.05, 4.69) is 39.1 Å². The van der Waals surface area contributed by atoms with Crippen LogP contribution in [0.15, 0.2) is 18.2 Å². The lowest BCUT2D eigenvalue weighted by molar-refractivity contribution is -0.141. The van der Waals surface area contributed by atoms with Crippen LogP contribution in [-0.2, 0) is 6.18 Å². The fourth-order valence-corrected chi connectivity index (χ4v) is 3.03. The van der Waals surface area contributed by atoms with Crippen LogP contribution < -0.4 is 11.1 Å². The van der Waals surface area contributed by atoms with Crippen molar-refractivity contribution < 1.29 is 13.2 Å². The number of hydrogen-bond acceptors (Lipinski definition) is 6. The third kappa shape index (κ3) is 4.15. The largest absolute Gasteiger partial charge is 0.433 e. The van der Waals surface area contributed by atoms with Gasteiger partial charge in [-0.2, -0.15) is 28.1 Å². The molecule has 0 radical (unpaired) electrons. The second-order valence-corrected chi connectivity index (χ2v) is 6.99. The molecule has 25 heavy (non-hydrogen) atoms. The van der Waals surface area contributed by atoms with Gasteiger partial charge < -0.3 is 11.1 Å². The maximum Gasteiger partial charge on any atom is 0.433 e. The van der Waals surface area contributed by atoms with Crippen molar-refractivity contribution in [3.8, 4) is 11.5 Å². The van der Waals surface area contributed by atoms with Crippen LogP contribution in [0.2, 0.25) is 0 Å². The summed E-state index contributed by atoms with van der Waals surface area (Å²) in [5, 5.41) is 3.20. The zero-order valence-corrected chi connectivity index (χ0v) is 13.9. The summed E-state index contributed by atoms with van der Waals surface area (Å²) < 4.78 is 38.5. The lowest BCUT2D eigenvalue weighted by atomic mass is 9.92. The van der Waals surface area contributed by atoms with E-state index in [0.717, 1.165) is 25.3 Å². The predicted octanol–water partition coefficient (Wildman–Crippen LogP) is 3.53. The standard InChI is InChI=1S/C16H19F3N6/c1-15(2)7-6-9(8-15)21-14-24-12(23-13(20)25-14)10-4-3-5-11(22-10)16(17,18)19/h3-5,9H,6-8H2,1-2H3,(H3,20,21,23,24,25)/t9-/m1/s1. The molecule has 0 spiro atoms. The lowest BCUT2D eigenvalue weighted by Gasteiger charge is -2.18. The first kappa shape index (κ1) is 17.4. The highest BCUT2D eigenvalue weighted by atomic mass is 19.4. The van der Waals surface area contributed by atoms with Crippen molar-refractivity contribution in [2.24, 2.45) is 5.41 Å². The SMILES string of the molecule is CC1(C)CC[C@@H](Nc2nc(N)nc(-c3cccc(C(F)(F)F)n3)n2)C1. The number of rotatable bonds is 3. The Hall–Kier alpha value is -2.45. The number of pyridine rings is 1. The molecule has 1 atom stereocenters. The van der Waals surface area contributed by atoms with Crippen LogP contribution in [0.4, 0.5) is 25.1 Å². The fraction of sp³-hybridized carbons (Fsp3) is 0.500. The van der Waals surface area contributed by atoms with Gasteiger partial charge >= 0.3 is 6.18 Å². The molecule has 1 saturated carbocycles. The molecule has 2 aromatic rings. The van der Waals surface area contributed by atoms with Gasteiger partial charge in [-0.3, -0.25) is 0 Å². The molecule has 0 bridgehead atoms. The second-order valence-electron chi connectivity index (χ2n) is 6.99. The molecule has 134 valence electrons. The van der Waals surface area contributed by atoms with Crippen LogP contribution in [0.5, 0.6) is 0 Å². The van der Waals surface area contributed by atoms with Crippen molar-refractivity contribution in [2.45, 2.75) is 45.3 Å². The molecule has 0 amide bonds. The molecule has 3 N–H and O–H groups in total. The highest BCUT2D eigenvalue weighted by Gasteiger charge is 2.33. The summed E-state index contributed by atoms with van der Waals surface area (Å²) in [7, 11) is 0. The maximum absolute atomic E-state index is 12.8. The second kappa shape index (κ2) is 6.12. The molecule has 0 aliphatic heterocycles. The van der Waals surface area contributed by atoms with Crippen LogP contribution in [0.1, 0.15) is 38.8 Å². The van der Waals surface area contributed by atoms with Crippen molar-refractivity contribution in [3.05, 3.63) is 23.9 Å². The Morgan fingerprint density at radius 2 is 1.92 bits per heavy atom. The maximum atomic E-state index is 12.8. The summed E-state index contributed by atoms with van der Waals surface area (Å²) in [6.45, 7) is 4.38. The molecule has 6 nitrogen and oxygen atoms in total. The topological polar surface area (TPSA) is 89.6 Å². The summed E-state index contributed by atoms with van der Waals surface area (Å²) in [4.78, 5) is 15.7. The molecular formula is C16H19F3N6. The van der Waals surface area contributed by atoms with E-state index in [-0.39, 0.29) is 34.9 Å². The number of nitrogens with two attached hydrogens (primary N) is 1. The summed E-state index contributed by atoms with van der Waals surface area (Å²) in [5.74, 6) is 0.201. The van der Waals surface area contributed by atoms with Crippen LogP contribution >= 0.6 is 0 Å². The van der Waals surface area contributed by atoms with Crippen LogP contribution in [0, 0.1) is 5.41 Å². The van der Waals surface area contributed by atoms with Gasteiger partial charge in [-0.15, -0.1) is 0 Å². The van der Waals surface area contributed by atoms with E-state index in [9.17, 15) is 13.2 Å². The van der Waals surface area contributed by atoms with Crippen LogP contribution in [-0.4, -0.2) is 26.0 Å². The minimum absolute atomic E-state index is 0.00118. The third-order valence-electron chi connectivity index (χ3n) is 4.22. The highest BCUT2D eigenvalue weighted by molar-refractivity contribution is 5.53. The van der Waals surface area contributed by atoms with Crippen molar-refractivity contribution in [2.75, 3.05) is 11.1 Å². The van der Waals surface area contributed by atoms with Crippen molar-refractivity contribution in [1.29, 1.82) is 0 Å². The smallest absolute Gasteiger partial charge is 0.368 e. The molecule has 1 fully saturated rings. The van der Waals surface area contributed by atoms with Crippen LogP contribution in [0.3, 0.4) is 0 Å². The van der Waals surface area contributed by atoms with Gasteiger partial charge in [0.05, 0.1) is 0 Å². The summed E-state index contributed by atoms with van der Waals surface area (Å²) in [6.07, 6.45) is -1.54. The molecule has 3 rings (SSSR count). The summed E-state index contributed by atoms with van der Waals surface area (Å²) in [5.41, 5.74) is 4.93. The minimum atomic E-state index is -4.54. The van der Waals surface area contributed by atoms with Gasteiger partial charge in [0.2, 0.25) is 11.9 Å². The van der Waals surface area contributed by atoms with Gasteiger partial charge in [0.25, 0.3) is 0 Å². The van der Waals surface area contributed by atoms with Gasteiger partial charge in [-0.05, 0) is 36.8 Å². The van der Waals surface area contributed by atoms with Crippen LogP contribution in [0.25, 0.3) is 11.5 Å². The van der Waals surface area contributed by atoms with Gasteiger partial charge in [0.1, 0.15) is 11.4 Å². The number of alkyl halides is 3. The summed E-state index contributed by atoms with van der Waals surface area (Å²) in [6, 6.07) is 3.76. The minimum Gasteiger partial charge on any atom is -0.368 e. The molecule has 2 aromatic heterocycles. The van der Waals surface area contributed by atoms with E-state index in [1.165, 1.54) is 12.1 Å². The number of hydrogen-bond donors (Lipinski definition) is 2. The van der Waals surface area contributed by atoms with E-state index in [1.807, 2.05) is 0 Å². The first-order chi connectivity index (χ1) is 11.6. The normalized spacial score (nSPS) is 19.8. The van der Waals surface area contributed by atoms with Gasteiger partial charge in [-0.25, -0.2) is 4.98 Å². The Bertz CT molecular complexity index is 775. The van der Waals surface area contributed by atoms with E-state index >= 15 is 0 Å². The number of anilines is 2. The van der Waals surface area contributed by atoms with E-state index < -0.39 is 11.9 Å². The molecule has 0 saturated heterocycles. The first-order valence-corrected chi connectivity index (χ1v) is 7.95. The van der Waals surface area contributed by atoms with Crippen molar-refractivity contribution in [3.63, 3.8) is 0 Å². The van der Waals surface area contributed by atoms with Gasteiger partial charge in [0, 0.05) is 6.04 Å². The molecule has 2 heterocycles. The molecular weight excluding hydrogens is 333 g/mol. The van der Waals surface area contributed by atoms with Gasteiger partial charge in [0.15, 0.2) is 5.82 Å². The van der Waals surface area contributed by atoms with E-state index in [4.69, 9.17) is 5.73 Å². The average Bonchev–Trinajstić information content (AvgIpc) is 2.85. The third-order valence-corrected chi connectivity index (χ3v) is 4.22. The first-order valence-electron chi connectivity index (χ1n) is 7.95. The number of nitrogen functional groups attached to an aromatic ring is 1. The van der Waals surface area contributed by atoms with Crippen molar-refractivity contribution in [1.82, 2.24) is 19.9 Å². The van der Waals surface area contributed by atoms with Crippen molar-refractivity contribution >= 4 is 11.9 Å². The summed E-state index contributed by atoms with van der Waals surface area (Å²) >= 11 is 0. The number of aromatic nitrogens is 4. The Morgan fingerprint density at radius 1 is 1.16 bits per heavy atom. The molecule has 0 unspecified atom stereocenters. The Labute approximate surface area is 143 Å². The number of nitrogens with zero attached hydrogens (tertiary/aromatic N) is 4. The fourth-order valence-electron chi connectivity index (χ4n) is 3.03.